The van der Waals surface area contributed by atoms with Gasteiger partial charge in [-0.05, 0) is 56.9 Å². The van der Waals surface area contributed by atoms with E-state index in [-0.39, 0.29) is 30.7 Å². The Bertz CT molecular complexity index is 453. The molecule has 1 aromatic rings. The van der Waals surface area contributed by atoms with Crippen LogP contribution in [0.15, 0.2) is 11.4 Å². The minimum absolute atomic E-state index is 0. The molecule has 1 fully saturated rings. The van der Waals surface area contributed by atoms with Gasteiger partial charge in [0.15, 0.2) is 0 Å². The van der Waals surface area contributed by atoms with Crippen LogP contribution in [0.25, 0.3) is 0 Å². The van der Waals surface area contributed by atoms with Crippen molar-refractivity contribution in [2.75, 3.05) is 27.2 Å². The van der Waals surface area contributed by atoms with Crippen molar-refractivity contribution in [3.8, 4) is 0 Å². The second kappa shape index (κ2) is 8.96. The van der Waals surface area contributed by atoms with E-state index in [2.05, 4.69) is 17.9 Å². The minimum Gasteiger partial charge on any atom is -0.335 e. The van der Waals surface area contributed by atoms with Crippen molar-refractivity contribution < 1.29 is 4.79 Å². The number of halogens is 2. The van der Waals surface area contributed by atoms with Crippen LogP contribution in [0.5, 0.6) is 0 Å². The summed E-state index contributed by atoms with van der Waals surface area (Å²) in [5, 5.41) is 2.01. The summed E-state index contributed by atoms with van der Waals surface area (Å²) in [7, 11) is 4.05. The van der Waals surface area contributed by atoms with E-state index in [1.165, 1.54) is 0 Å². The molecule has 0 radical (unpaired) electrons. The van der Waals surface area contributed by atoms with Crippen molar-refractivity contribution in [1.29, 1.82) is 0 Å². The van der Waals surface area contributed by atoms with E-state index in [4.69, 9.17) is 5.73 Å². The number of carbonyl (C=O) groups is 1. The Kier molecular flexibility index (Phi) is 8.81. The summed E-state index contributed by atoms with van der Waals surface area (Å²) >= 11 is 1.55. The number of nitrogens with two attached hydrogens (primary N) is 1. The number of carbonyl (C=O) groups excluding carboxylic acids is 1. The number of rotatable bonds is 4. The number of likely N-dealkylation sites (tertiary alicyclic amines) is 1. The number of nitrogens with zero attached hydrogens (tertiary/aromatic N) is 2. The Hall–Kier alpha value is -0.330. The van der Waals surface area contributed by atoms with Crippen LogP contribution in [0, 0.1) is 5.92 Å². The van der Waals surface area contributed by atoms with Crippen molar-refractivity contribution in [2.45, 2.75) is 25.9 Å². The molecular weight excluding hydrogens is 329 g/mol. The van der Waals surface area contributed by atoms with Gasteiger partial charge in [-0.3, -0.25) is 4.79 Å². The van der Waals surface area contributed by atoms with Crippen molar-refractivity contribution in [3.05, 3.63) is 21.9 Å². The Morgan fingerprint density at radius 3 is 2.67 bits per heavy atom. The largest absolute Gasteiger partial charge is 0.335 e. The highest BCUT2D eigenvalue weighted by atomic mass is 35.5. The summed E-state index contributed by atoms with van der Waals surface area (Å²) in [5.41, 5.74) is 6.86. The van der Waals surface area contributed by atoms with E-state index in [0.29, 0.717) is 18.5 Å². The quantitative estimate of drug-likeness (QED) is 0.904. The molecular formula is C14H25Cl2N3OS. The Morgan fingerprint density at radius 2 is 2.14 bits per heavy atom. The normalized spacial score (nSPS) is 21.1. The molecule has 0 aromatic carbocycles. The highest BCUT2D eigenvalue weighted by Gasteiger charge is 2.33. The second-order valence-electron chi connectivity index (χ2n) is 5.66. The minimum atomic E-state index is 0. The smallest absolute Gasteiger partial charge is 0.264 e. The predicted molar refractivity (Wildman–Crippen MR) is 93.9 cm³/mol. The summed E-state index contributed by atoms with van der Waals surface area (Å²) in [5.74, 6) is 0.631. The maximum Gasteiger partial charge on any atom is 0.264 e. The lowest BCUT2D eigenvalue weighted by molar-refractivity contribution is 0.0746. The van der Waals surface area contributed by atoms with Crippen molar-refractivity contribution in [2.24, 2.45) is 11.7 Å². The van der Waals surface area contributed by atoms with Crippen LogP contribution >= 0.6 is 36.2 Å². The Morgan fingerprint density at radius 1 is 1.48 bits per heavy atom. The molecule has 4 nitrogen and oxygen atoms in total. The molecule has 2 atom stereocenters. The molecule has 21 heavy (non-hydrogen) atoms. The molecule has 2 unspecified atom stereocenters. The number of hydrogen-bond acceptors (Lipinski definition) is 4. The van der Waals surface area contributed by atoms with E-state index >= 15 is 0 Å². The summed E-state index contributed by atoms with van der Waals surface area (Å²) in [6, 6.07) is 2.36. The number of thiophene rings is 1. The topological polar surface area (TPSA) is 49.6 Å². The maximum atomic E-state index is 12.7. The van der Waals surface area contributed by atoms with E-state index < -0.39 is 0 Å². The van der Waals surface area contributed by atoms with Crippen LogP contribution in [0.4, 0.5) is 0 Å². The number of amides is 1. The molecule has 0 bridgehead atoms. The first kappa shape index (κ1) is 20.7. The summed E-state index contributed by atoms with van der Waals surface area (Å²) in [6.45, 7) is 4.40. The molecule has 122 valence electrons. The molecule has 1 amide bonds. The lowest BCUT2D eigenvalue weighted by Crippen LogP contribution is -2.34. The van der Waals surface area contributed by atoms with E-state index in [0.717, 1.165) is 30.0 Å². The van der Waals surface area contributed by atoms with Gasteiger partial charge in [0.2, 0.25) is 0 Å². The summed E-state index contributed by atoms with van der Waals surface area (Å²) in [6.07, 6.45) is 1.02. The van der Waals surface area contributed by atoms with Gasteiger partial charge < -0.3 is 15.5 Å². The Balaban J connectivity index is 0.00000200. The summed E-state index contributed by atoms with van der Waals surface area (Å²) in [4.78, 5) is 17.6. The average Bonchev–Trinajstić information content (AvgIpc) is 2.94. The van der Waals surface area contributed by atoms with Crippen molar-refractivity contribution in [3.63, 3.8) is 0 Å². The van der Waals surface area contributed by atoms with Gasteiger partial charge >= 0.3 is 0 Å². The zero-order chi connectivity index (χ0) is 14.0. The molecule has 1 aliphatic rings. The molecule has 2 rings (SSSR count). The highest BCUT2D eigenvalue weighted by Crippen LogP contribution is 2.27. The van der Waals surface area contributed by atoms with Gasteiger partial charge in [-0.1, -0.05) is 0 Å². The molecule has 0 spiro atoms. The molecule has 2 N–H and O–H groups in total. The molecule has 1 aliphatic heterocycles. The molecule has 2 heterocycles. The SMILES string of the molecule is CC1CC(CN)CN1C(=O)c1sccc1CN(C)C.Cl.Cl. The van der Waals surface area contributed by atoms with Gasteiger partial charge in [0.1, 0.15) is 0 Å². The van der Waals surface area contributed by atoms with Gasteiger partial charge in [-0.2, -0.15) is 0 Å². The van der Waals surface area contributed by atoms with Crippen LogP contribution in [-0.4, -0.2) is 48.9 Å². The van der Waals surface area contributed by atoms with Crippen molar-refractivity contribution in [1.82, 2.24) is 9.80 Å². The van der Waals surface area contributed by atoms with E-state index in [9.17, 15) is 4.79 Å². The summed E-state index contributed by atoms with van der Waals surface area (Å²) < 4.78 is 0. The van der Waals surface area contributed by atoms with Gasteiger partial charge in [0.25, 0.3) is 5.91 Å². The molecule has 1 aromatic heterocycles. The first-order valence-corrected chi connectivity index (χ1v) is 7.63. The zero-order valence-electron chi connectivity index (χ0n) is 12.7. The average molecular weight is 354 g/mol. The maximum absolute atomic E-state index is 12.7. The van der Waals surface area contributed by atoms with Crippen LogP contribution in [0.2, 0.25) is 0 Å². The van der Waals surface area contributed by atoms with Crippen LogP contribution in [-0.2, 0) is 6.54 Å². The highest BCUT2D eigenvalue weighted by molar-refractivity contribution is 7.12. The van der Waals surface area contributed by atoms with Crippen LogP contribution < -0.4 is 5.73 Å². The van der Waals surface area contributed by atoms with E-state index in [1.807, 2.05) is 24.4 Å². The fourth-order valence-electron chi connectivity index (χ4n) is 2.72. The lowest BCUT2D eigenvalue weighted by Gasteiger charge is -2.22. The molecule has 0 saturated carbocycles. The van der Waals surface area contributed by atoms with Gasteiger partial charge in [0.05, 0.1) is 4.88 Å². The monoisotopic (exact) mass is 353 g/mol. The van der Waals surface area contributed by atoms with Crippen molar-refractivity contribution >= 4 is 42.1 Å². The third-order valence-corrected chi connectivity index (χ3v) is 4.63. The molecule has 1 saturated heterocycles. The third-order valence-electron chi connectivity index (χ3n) is 3.68. The van der Waals surface area contributed by atoms with Gasteiger partial charge in [-0.15, -0.1) is 36.2 Å². The van der Waals surface area contributed by atoms with Gasteiger partial charge in [-0.25, -0.2) is 0 Å². The zero-order valence-corrected chi connectivity index (χ0v) is 15.2. The second-order valence-corrected chi connectivity index (χ2v) is 6.57. The van der Waals surface area contributed by atoms with Gasteiger partial charge in [0, 0.05) is 19.1 Å². The Labute approximate surface area is 143 Å². The van der Waals surface area contributed by atoms with Crippen LogP contribution in [0.1, 0.15) is 28.6 Å². The first-order valence-electron chi connectivity index (χ1n) is 6.75. The van der Waals surface area contributed by atoms with Crippen LogP contribution in [0.3, 0.4) is 0 Å². The fourth-order valence-corrected chi connectivity index (χ4v) is 3.59. The molecule has 0 aliphatic carbocycles. The lowest BCUT2D eigenvalue weighted by atomic mass is 10.1. The standard InChI is InChI=1S/C14H23N3OS.2ClH/c1-10-6-11(7-15)8-17(10)14(18)13-12(4-5-19-13)9-16(2)3;;/h4-5,10-11H,6-9,15H2,1-3H3;2*1H. The third kappa shape index (κ3) is 4.83. The predicted octanol–water partition coefficient (Wildman–Crippen LogP) is 2.46. The molecule has 7 heteroatoms. The first-order chi connectivity index (χ1) is 9.02. The fraction of sp³-hybridized carbons (Fsp3) is 0.643. The number of hydrogen-bond donors (Lipinski definition) is 1. The van der Waals surface area contributed by atoms with E-state index in [1.54, 1.807) is 11.3 Å².